The zero-order valence-electron chi connectivity index (χ0n) is 9.12. The normalized spacial score (nSPS) is 34.4. The summed E-state index contributed by atoms with van der Waals surface area (Å²) in [7, 11) is 0. The van der Waals surface area contributed by atoms with E-state index in [0.29, 0.717) is 23.7 Å². The number of rotatable bonds is 3. The molecular weight excluding hydrogens is 208 g/mol. The number of aliphatic hydroxyl groups is 2. The van der Waals surface area contributed by atoms with Gasteiger partial charge < -0.3 is 15.3 Å². The number of aliphatic hydroxyl groups excluding tert-OH is 2. The molecule has 4 atom stereocenters. The molecule has 0 aromatic heterocycles. The van der Waals surface area contributed by atoms with Crippen LogP contribution in [-0.2, 0) is 4.79 Å². The maximum atomic E-state index is 9.25. The quantitative estimate of drug-likeness (QED) is 0.488. The molecule has 0 radical (unpaired) electrons. The summed E-state index contributed by atoms with van der Waals surface area (Å²) in [5, 5.41) is 25.7. The highest BCUT2D eigenvalue weighted by Gasteiger charge is 2.43. The largest absolute Gasteiger partial charge is 0.478 e. The van der Waals surface area contributed by atoms with Crippen LogP contribution < -0.4 is 0 Å². The average molecular weight is 226 g/mol. The van der Waals surface area contributed by atoms with Gasteiger partial charge in [0.05, 0.1) is 0 Å². The van der Waals surface area contributed by atoms with Gasteiger partial charge in [0.15, 0.2) is 0 Å². The molecule has 0 saturated heterocycles. The van der Waals surface area contributed by atoms with Crippen LogP contribution in [-0.4, -0.2) is 34.5 Å². The van der Waals surface area contributed by atoms with Crippen LogP contribution in [0.5, 0.6) is 0 Å². The molecule has 16 heavy (non-hydrogen) atoms. The average Bonchev–Trinajstić information content (AvgIpc) is 2.88. The Morgan fingerprint density at radius 1 is 1.25 bits per heavy atom. The minimum Gasteiger partial charge on any atom is -0.478 e. The molecule has 2 aliphatic rings. The summed E-state index contributed by atoms with van der Waals surface area (Å²) in [6, 6.07) is 0. The van der Waals surface area contributed by atoms with Gasteiger partial charge in [0.25, 0.3) is 0 Å². The minimum absolute atomic E-state index is 0.233. The Balaban J connectivity index is 0.000000221. The molecule has 4 nitrogen and oxygen atoms in total. The van der Waals surface area contributed by atoms with Crippen molar-refractivity contribution in [3.05, 3.63) is 24.8 Å². The van der Waals surface area contributed by atoms with Gasteiger partial charge in [-0.3, -0.25) is 0 Å². The summed E-state index contributed by atoms with van der Waals surface area (Å²) in [6.45, 7) is 3.43. The van der Waals surface area contributed by atoms with Crippen LogP contribution in [0.1, 0.15) is 6.42 Å². The Hall–Kier alpha value is -1.13. The van der Waals surface area contributed by atoms with E-state index in [-0.39, 0.29) is 13.2 Å². The molecule has 0 heterocycles. The van der Waals surface area contributed by atoms with Crippen molar-refractivity contribution < 1.29 is 20.1 Å². The molecule has 1 saturated carbocycles. The first-order chi connectivity index (χ1) is 7.63. The first kappa shape index (κ1) is 12.9. The number of fused-ring (bicyclic) bond motifs is 2. The highest BCUT2D eigenvalue weighted by molar-refractivity contribution is 5.78. The van der Waals surface area contributed by atoms with Gasteiger partial charge >= 0.3 is 5.97 Å². The topological polar surface area (TPSA) is 77.8 Å². The molecule has 2 rings (SSSR count). The highest BCUT2D eigenvalue weighted by Crippen LogP contribution is 2.47. The molecule has 4 unspecified atom stereocenters. The zero-order valence-corrected chi connectivity index (χ0v) is 9.12. The van der Waals surface area contributed by atoms with Crippen LogP contribution in [0.25, 0.3) is 0 Å². The molecular formula is C12H18O4. The van der Waals surface area contributed by atoms with E-state index >= 15 is 0 Å². The van der Waals surface area contributed by atoms with Crippen molar-refractivity contribution in [1.29, 1.82) is 0 Å². The molecule has 4 heteroatoms. The Kier molecular flexibility index (Phi) is 4.71. The van der Waals surface area contributed by atoms with Crippen molar-refractivity contribution >= 4 is 5.97 Å². The van der Waals surface area contributed by atoms with Crippen LogP contribution >= 0.6 is 0 Å². The lowest BCUT2D eigenvalue weighted by molar-refractivity contribution is -0.131. The van der Waals surface area contributed by atoms with Crippen LogP contribution in [0.15, 0.2) is 24.8 Å². The SMILES string of the molecule is C=CC(=O)O.OCC1C2C=CC(C2)C1CO. The maximum Gasteiger partial charge on any atom is 0.327 e. The van der Waals surface area contributed by atoms with Gasteiger partial charge in [0.1, 0.15) is 0 Å². The summed E-state index contributed by atoms with van der Waals surface area (Å²) in [4.78, 5) is 9.25. The highest BCUT2D eigenvalue weighted by atomic mass is 16.4. The molecule has 0 aliphatic heterocycles. The van der Waals surface area contributed by atoms with Gasteiger partial charge in [-0.15, -0.1) is 0 Å². The fourth-order valence-electron chi connectivity index (χ4n) is 2.57. The lowest BCUT2D eigenvalue weighted by Crippen LogP contribution is -2.25. The molecule has 0 aromatic rings. The van der Waals surface area contributed by atoms with Gasteiger partial charge in [0, 0.05) is 19.3 Å². The van der Waals surface area contributed by atoms with Crippen LogP contribution in [0.2, 0.25) is 0 Å². The van der Waals surface area contributed by atoms with Gasteiger partial charge in [-0.1, -0.05) is 18.7 Å². The van der Waals surface area contributed by atoms with Crippen LogP contribution in [0, 0.1) is 23.7 Å². The second-order valence-corrected chi connectivity index (χ2v) is 4.18. The standard InChI is InChI=1S/C9H14O2.C3H4O2/c10-4-8-6-1-2-7(3-6)9(8)5-11;1-2-3(4)5/h1-2,6-11H,3-5H2;2H,1H2,(H,4,5). The van der Waals surface area contributed by atoms with Crippen molar-refractivity contribution in [2.45, 2.75) is 6.42 Å². The minimum atomic E-state index is -0.981. The summed E-state index contributed by atoms with van der Waals surface area (Å²) in [5.41, 5.74) is 0. The third kappa shape index (κ3) is 2.71. The second kappa shape index (κ2) is 5.82. The predicted octanol–water partition coefficient (Wildman–Crippen LogP) is 0.666. The van der Waals surface area contributed by atoms with Gasteiger partial charge in [-0.2, -0.15) is 0 Å². The predicted molar refractivity (Wildman–Crippen MR) is 59.7 cm³/mol. The third-order valence-electron chi connectivity index (χ3n) is 3.40. The number of carbonyl (C=O) groups is 1. The number of hydrogen-bond acceptors (Lipinski definition) is 3. The van der Waals surface area contributed by atoms with Crippen molar-refractivity contribution in [2.75, 3.05) is 13.2 Å². The lowest BCUT2D eigenvalue weighted by Gasteiger charge is -2.23. The van der Waals surface area contributed by atoms with Gasteiger partial charge in [-0.05, 0) is 30.1 Å². The van der Waals surface area contributed by atoms with Crippen molar-refractivity contribution in [3.8, 4) is 0 Å². The Morgan fingerprint density at radius 2 is 1.62 bits per heavy atom. The van der Waals surface area contributed by atoms with Crippen molar-refractivity contribution in [3.63, 3.8) is 0 Å². The van der Waals surface area contributed by atoms with E-state index in [1.54, 1.807) is 0 Å². The summed E-state index contributed by atoms with van der Waals surface area (Å²) >= 11 is 0. The number of aliphatic carboxylic acids is 1. The fraction of sp³-hybridized carbons (Fsp3) is 0.583. The third-order valence-corrected chi connectivity index (χ3v) is 3.40. The van der Waals surface area contributed by atoms with E-state index in [0.717, 1.165) is 12.5 Å². The summed E-state index contributed by atoms with van der Waals surface area (Å²) < 4.78 is 0. The van der Waals surface area contributed by atoms with E-state index in [2.05, 4.69) is 18.7 Å². The fourth-order valence-corrected chi connectivity index (χ4v) is 2.57. The number of hydrogen-bond donors (Lipinski definition) is 3. The monoisotopic (exact) mass is 226 g/mol. The zero-order chi connectivity index (χ0) is 12.1. The van der Waals surface area contributed by atoms with E-state index < -0.39 is 5.97 Å². The number of carboxylic acids is 1. The van der Waals surface area contributed by atoms with Crippen LogP contribution in [0.3, 0.4) is 0 Å². The molecule has 2 aliphatic carbocycles. The Bertz CT molecular complexity index is 267. The first-order valence-electron chi connectivity index (χ1n) is 5.39. The lowest BCUT2D eigenvalue weighted by atomic mass is 9.84. The molecule has 0 amide bonds. The van der Waals surface area contributed by atoms with Crippen LogP contribution in [0.4, 0.5) is 0 Å². The Labute approximate surface area is 94.9 Å². The molecule has 90 valence electrons. The molecule has 3 N–H and O–H groups in total. The van der Waals surface area contributed by atoms with Crippen molar-refractivity contribution in [2.24, 2.45) is 23.7 Å². The van der Waals surface area contributed by atoms with Crippen molar-refractivity contribution in [1.82, 2.24) is 0 Å². The first-order valence-corrected chi connectivity index (χ1v) is 5.39. The second-order valence-electron chi connectivity index (χ2n) is 4.18. The number of carboxylic acid groups (broad SMARTS) is 1. The van der Waals surface area contributed by atoms with E-state index in [4.69, 9.17) is 15.3 Å². The van der Waals surface area contributed by atoms with E-state index in [1.165, 1.54) is 0 Å². The van der Waals surface area contributed by atoms with Gasteiger partial charge in [0.2, 0.25) is 0 Å². The molecule has 2 bridgehead atoms. The van der Waals surface area contributed by atoms with E-state index in [1.807, 2.05) is 0 Å². The Morgan fingerprint density at radius 3 is 1.88 bits per heavy atom. The molecule has 0 aromatic carbocycles. The smallest absolute Gasteiger partial charge is 0.327 e. The summed E-state index contributed by atoms with van der Waals surface area (Å²) in [6.07, 6.45) is 6.37. The number of allylic oxidation sites excluding steroid dienone is 2. The molecule has 0 spiro atoms. The summed E-state index contributed by atoms with van der Waals surface area (Å²) in [5.74, 6) is 0.763. The van der Waals surface area contributed by atoms with E-state index in [9.17, 15) is 4.79 Å². The van der Waals surface area contributed by atoms with Gasteiger partial charge in [-0.25, -0.2) is 4.79 Å². The molecule has 1 fully saturated rings. The maximum absolute atomic E-state index is 9.25.